The number of rotatable bonds is 3. The number of ether oxygens (including phenoxy) is 1. The second-order valence-electron chi connectivity index (χ2n) is 4.95. The zero-order valence-corrected chi connectivity index (χ0v) is 11.9. The molecule has 0 aliphatic carbocycles. The van der Waals surface area contributed by atoms with Crippen LogP contribution in [0.25, 0.3) is 5.69 Å². The number of amides is 1. The Balaban J connectivity index is 1.77. The minimum absolute atomic E-state index is 0.144. The van der Waals surface area contributed by atoms with E-state index in [1.165, 1.54) is 11.2 Å². The fraction of sp³-hybridized carbons (Fsp3) is 0.429. The number of benzene rings is 1. The molecule has 110 valence electrons. The van der Waals surface area contributed by atoms with Crippen molar-refractivity contribution in [3.8, 4) is 11.4 Å². The molecule has 0 bridgehead atoms. The lowest BCUT2D eigenvalue weighted by atomic mass is 10.1. The summed E-state index contributed by atoms with van der Waals surface area (Å²) in [5.74, 6) is 0.755. The highest BCUT2D eigenvalue weighted by Gasteiger charge is 2.22. The van der Waals surface area contributed by atoms with Gasteiger partial charge in [-0.05, 0) is 48.7 Å². The van der Waals surface area contributed by atoms with E-state index in [-0.39, 0.29) is 11.7 Å². The Morgan fingerprint density at radius 2 is 1.86 bits per heavy atom. The summed E-state index contributed by atoms with van der Waals surface area (Å²) >= 11 is 0. The lowest BCUT2D eigenvalue weighted by Gasteiger charge is -2.25. The monoisotopic (exact) mass is 287 g/mol. The van der Waals surface area contributed by atoms with Gasteiger partial charge in [-0.3, -0.25) is 4.79 Å². The SMILES string of the molecule is COc1ccc(-n2nnc(C(=O)N3CCCCC3)n2)cc1. The normalized spacial score (nSPS) is 15.0. The second-order valence-corrected chi connectivity index (χ2v) is 4.95. The molecule has 7 heteroatoms. The predicted octanol–water partition coefficient (Wildman–Crippen LogP) is 1.30. The Kier molecular flexibility index (Phi) is 3.81. The summed E-state index contributed by atoms with van der Waals surface area (Å²) in [5.41, 5.74) is 0.737. The molecule has 0 saturated carbocycles. The fourth-order valence-corrected chi connectivity index (χ4v) is 2.36. The number of methoxy groups -OCH3 is 1. The van der Waals surface area contributed by atoms with Crippen LogP contribution in [0.1, 0.15) is 29.9 Å². The van der Waals surface area contributed by atoms with Crippen LogP contribution in [0.3, 0.4) is 0 Å². The molecule has 1 aromatic heterocycles. The Bertz CT molecular complexity index is 617. The first-order valence-corrected chi connectivity index (χ1v) is 7.01. The van der Waals surface area contributed by atoms with Crippen LogP contribution in [0.5, 0.6) is 5.75 Å². The molecule has 21 heavy (non-hydrogen) atoms. The first kappa shape index (κ1) is 13.5. The smallest absolute Gasteiger partial charge is 0.295 e. The van der Waals surface area contributed by atoms with Crippen molar-refractivity contribution in [3.05, 3.63) is 30.1 Å². The molecule has 1 saturated heterocycles. The van der Waals surface area contributed by atoms with Crippen molar-refractivity contribution < 1.29 is 9.53 Å². The maximum atomic E-state index is 12.3. The van der Waals surface area contributed by atoms with E-state index in [2.05, 4.69) is 15.4 Å². The highest BCUT2D eigenvalue weighted by molar-refractivity contribution is 5.90. The van der Waals surface area contributed by atoms with Gasteiger partial charge in [0, 0.05) is 13.1 Å². The van der Waals surface area contributed by atoms with E-state index in [9.17, 15) is 4.79 Å². The summed E-state index contributed by atoms with van der Waals surface area (Å²) in [6.45, 7) is 1.55. The Morgan fingerprint density at radius 3 is 2.52 bits per heavy atom. The third-order valence-electron chi connectivity index (χ3n) is 3.55. The van der Waals surface area contributed by atoms with Crippen molar-refractivity contribution in [2.24, 2.45) is 0 Å². The van der Waals surface area contributed by atoms with Crippen LogP contribution in [-0.2, 0) is 0 Å². The van der Waals surface area contributed by atoms with Gasteiger partial charge in [-0.1, -0.05) is 0 Å². The Labute approximate surface area is 122 Å². The summed E-state index contributed by atoms with van der Waals surface area (Å²) in [6.07, 6.45) is 3.26. The van der Waals surface area contributed by atoms with Crippen LogP contribution in [0, 0.1) is 0 Å². The van der Waals surface area contributed by atoms with Crippen LogP contribution in [0.15, 0.2) is 24.3 Å². The molecule has 1 amide bonds. The van der Waals surface area contributed by atoms with Crippen molar-refractivity contribution in [2.75, 3.05) is 20.2 Å². The van der Waals surface area contributed by atoms with Gasteiger partial charge in [0.1, 0.15) is 5.75 Å². The molecule has 2 heterocycles. The first-order chi connectivity index (χ1) is 10.3. The third-order valence-corrected chi connectivity index (χ3v) is 3.55. The van der Waals surface area contributed by atoms with Crippen LogP contribution in [0.4, 0.5) is 0 Å². The van der Waals surface area contributed by atoms with E-state index in [1.54, 1.807) is 12.0 Å². The second kappa shape index (κ2) is 5.90. The Morgan fingerprint density at radius 1 is 1.14 bits per heavy atom. The number of carbonyl (C=O) groups excluding carboxylic acids is 1. The summed E-state index contributed by atoms with van der Waals surface area (Å²) in [7, 11) is 1.61. The Hall–Kier alpha value is -2.44. The molecule has 3 rings (SSSR count). The molecule has 2 aromatic rings. The van der Waals surface area contributed by atoms with Gasteiger partial charge < -0.3 is 9.64 Å². The molecule has 0 spiro atoms. The van der Waals surface area contributed by atoms with Crippen LogP contribution >= 0.6 is 0 Å². The number of nitrogens with zero attached hydrogens (tertiary/aromatic N) is 5. The van der Waals surface area contributed by atoms with E-state index in [0.717, 1.165) is 37.4 Å². The number of piperidine rings is 1. The largest absolute Gasteiger partial charge is 0.497 e. The highest BCUT2D eigenvalue weighted by atomic mass is 16.5. The summed E-state index contributed by atoms with van der Waals surface area (Å²) in [4.78, 5) is 15.4. The average molecular weight is 287 g/mol. The van der Waals surface area contributed by atoms with Gasteiger partial charge in [-0.15, -0.1) is 15.0 Å². The van der Waals surface area contributed by atoms with Crippen LogP contribution in [0.2, 0.25) is 0 Å². The molecule has 1 aromatic carbocycles. The molecule has 1 aliphatic heterocycles. The van der Waals surface area contributed by atoms with Crippen molar-refractivity contribution in [2.45, 2.75) is 19.3 Å². The van der Waals surface area contributed by atoms with Gasteiger partial charge in [0.25, 0.3) is 11.7 Å². The molecule has 0 atom stereocenters. The molecule has 0 unspecified atom stereocenters. The van der Waals surface area contributed by atoms with Gasteiger partial charge in [0.15, 0.2) is 0 Å². The molecule has 1 fully saturated rings. The maximum Gasteiger partial charge on any atom is 0.295 e. The zero-order chi connectivity index (χ0) is 14.7. The van der Waals surface area contributed by atoms with E-state index in [1.807, 2.05) is 24.3 Å². The van der Waals surface area contributed by atoms with E-state index in [4.69, 9.17) is 4.74 Å². The van der Waals surface area contributed by atoms with Gasteiger partial charge >= 0.3 is 0 Å². The molecule has 7 nitrogen and oxygen atoms in total. The standard InChI is InChI=1S/C14H17N5O2/c1-21-12-7-5-11(6-8-12)19-16-13(15-17-19)14(20)18-9-3-2-4-10-18/h5-8H,2-4,9-10H2,1H3. The topological polar surface area (TPSA) is 73.1 Å². The molecule has 0 N–H and O–H groups in total. The van der Waals surface area contributed by atoms with E-state index in [0.29, 0.717) is 0 Å². The third kappa shape index (κ3) is 2.86. The summed E-state index contributed by atoms with van der Waals surface area (Å²) in [6, 6.07) is 7.25. The van der Waals surface area contributed by atoms with Crippen molar-refractivity contribution >= 4 is 5.91 Å². The molecular formula is C14H17N5O2. The number of tetrazole rings is 1. The van der Waals surface area contributed by atoms with Crippen molar-refractivity contribution in [1.82, 2.24) is 25.1 Å². The number of carbonyl (C=O) groups is 1. The van der Waals surface area contributed by atoms with Crippen LogP contribution in [-0.4, -0.2) is 51.2 Å². The highest BCUT2D eigenvalue weighted by Crippen LogP contribution is 2.14. The predicted molar refractivity (Wildman–Crippen MR) is 75.5 cm³/mol. The van der Waals surface area contributed by atoms with Crippen LogP contribution < -0.4 is 4.74 Å². The van der Waals surface area contributed by atoms with Gasteiger partial charge in [-0.25, -0.2) is 0 Å². The number of hydrogen-bond donors (Lipinski definition) is 0. The average Bonchev–Trinajstić information content (AvgIpc) is 3.05. The molecule has 1 aliphatic rings. The lowest BCUT2D eigenvalue weighted by molar-refractivity contribution is 0.0711. The van der Waals surface area contributed by atoms with Crippen molar-refractivity contribution in [3.63, 3.8) is 0 Å². The lowest BCUT2D eigenvalue weighted by Crippen LogP contribution is -2.36. The quantitative estimate of drug-likeness (QED) is 0.850. The minimum atomic E-state index is -0.144. The number of aromatic nitrogens is 4. The van der Waals surface area contributed by atoms with Gasteiger partial charge in [0.05, 0.1) is 12.8 Å². The summed E-state index contributed by atoms with van der Waals surface area (Å²) < 4.78 is 5.10. The molecule has 0 radical (unpaired) electrons. The van der Waals surface area contributed by atoms with E-state index >= 15 is 0 Å². The zero-order valence-electron chi connectivity index (χ0n) is 11.9. The fourth-order valence-electron chi connectivity index (χ4n) is 2.36. The first-order valence-electron chi connectivity index (χ1n) is 7.01. The van der Waals surface area contributed by atoms with Gasteiger partial charge in [-0.2, -0.15) is 0 Å². The van der Waals surface area contributed by atoms with Gasteiger partial charge in [0.2, 0.25) is 0 Å². The van der Waals surface area contributed by atoms with E-state index < -0.39 is 0 Å². The number of hydrogen-bond acceptors (Lipinski definition) is 5. The summed E-state index contributed by atoms with van der Waals surface area (Å²) in [5, 5.41) is 12.0. The minimum Gasteiger partial charge on any atom is -0.497 e. The molecular weight excluding hydrogens is 270 g/mol. The van der Waals surface area contributed by atoms with Crippen molar-refractivity contribution in [1.29, 1.82) is 0 Å². The maximum absolute atomic E-state index is 12.3. The number of likely N-dealkylation sites (tertiary alicyclic amines) is 1.